The first-order valence-electron chi connectivity index (χ1n) is 7.79. The van der Waals surface area contributed by atoms with Crippen LogP contribution in [0.15, 0.2) is 60.0 Å². The molecule has 0 aliphatic carbocycles. The van der Waals surface area contributed by atoms with E-state index >= 15 is 0 Å². The molecule has 26 heavy (non-hydrogen) atoms. The van der Waals surface area contributed by atoms with E-state index in [4.69, 9.17) is 4.74 Å². The summed E-state index contributed by atoms with van der Waals surface area (Å²) in [6, 6.07) is 10.9. The lowest BCUT2D eigenvalue weighted by Crippen LogP contribution is -2.27. The lowest BCUT2D eigenvalue weighted by atomic mass is 10.2. The van der Waals surface area contributed by atoms with Crippen LogP contribution in [0.1, 0.15) is 11.1 Å². The zero-order chi connectivity index (χ0) is 19.3. The van der Waals surface area contributed by atoms with Crippen LogP contribution in [-0.4, -0.2) is 31.3 Å². The second-order valence-electron chi connectivity index (χ2n) is 5.72. The Bertz CT molecular complexity index is 925. The summed E-state index contributed by atoms with van der Waals surface area (Å²) in [6.07, 6.45) is 1.62. The molecule has 0 spiro atoms. The van der Waals surface area contributed by atoms with Gasteiger partial charge in [-0.15, -0.1) is 0 Å². The average molecular weight is 376 g/mol. The molecule has 0 bridgehead atoms. The summed E-state index contributed by atoms with van der Waals surface area (Å²) in [5.41, 5.74) is 0.925. The number of nitrogens with zero attached hydrogens (tertiary/aromatic N) is 2. The molecular formula is C18H20N2O5S. The highest BCUT2D eigenvalue weighted by molar-refractivity contribution is 7.89. The van der Waals surface area contributed by atoms with Crippen LogP contribution in [0.25, 0.3) is 0 Å². The number of hydrogen-bond donors (Lipinski definition) is 0. The van der Waals surface area contributed by atoms with Gasteiger partial charge in [0.05, 0.1) is 9.82 Å². The Balaban J connectivity index is 2.28. The number of nitro benzene ring substituents is 1. The number of sulfonamides is 1. The fourth-order valence-corrected chi connectivity index (χ4v) is 3.78. The highest BCUT2D eigenvalue weighted by Crippen LogP contribution is 2.25. The molecule has 0 aliphatic rings. The summed E-state index contributed by atoms with van der Waals surface area (Å²) in [5, 5.41) is 11.0. The number of aryl methyl sites for hydroxylation is 1. The summed E-state index contributed by atoms with van der Waals surface area (Å²) in [5.74, 6) is 0.611. The zero-order valence-corrected chi connectivity index (χ0v) is 15.4. The van der Waals surface area contributed by atoms with Gasteiger partial charge in [-0.3, -0.25) is 10.1 Å². The normalized spacial score (nSPS) is 11.3. The fraction of sp³-hybridized carbons (Fsp3) is 0.222. The van der Waals surface area contributed by atoms with Gasteiger partial charge in [-0.2, -0.15) is 4.31 Å². The maximum absolute atomic E-state index is 12.8. The Morgan fingerprint density at radius 1 is 1.27 bits per heavy atom. The number of benzene rings is 2. The first-order chi connectivity index (χ1) is 12.3. The van der Waals surface area contributed by atoms with Crippen LogP contribution < -0.4 is 4.74 Å². The molecule has 0 amide bonds. The topological polar surface area (TPSA) is 89.8 Å². The van der Waals surface area contributed by atoms with Crippen LogP contribution in [-0.2, 0) is 16.6 Å². The molecule has 0 N–H and O–H groups in total. The van der Waals surface area contributed by atoms with Crippen molar-refractivity contribution in [2.75, 3.05) is 13.7 Å². The van der Waals surface area contributed by atoms with Gasteiger partial charge in [0.15, 0.2) is 0 Å². The number of hydrogen-bond acceptors (Lipinski definition) is 5. The van der Waals surface area contributed by atoms with Crippen molar-refractivity contribution in [1.29, 1.82) is 0 Å². The molecule has 2 aromatic carbocycles. The molecule has 8 heteroatoms. The van der Waals surface area contributed by atoms with E-state index < -0.39 is 14.9 Å². The molecule has 0 saturated heterocycles. The lowest BCUT2D eigenvalue weighted by molar-refractivity contribution is -0.385. The van der Waals surface area contributed by atoms with Gasteiger partial charge in [-0.05, 0) is 30.2 Å². The Morgan fingerprint density at radius 3 is 2.65 bits per heavy atom. The molecule has 7 nitrogen and oxygen atoms in total. The van der Waals surface area contributed by atoms with Crippen LogP contribution in [0, 0.1) is 17.0 Å². The molecule has 2 rings (SSSR count). The summed E-state index contributed by atoms with van der Waals surface area (Å²) in [6.45, 7) is 5.64. The van der Waals surface area contributed by atoms with Gasteiger partial charge < -0.3 is 4.74 Å². The average Bonchev–Trinajstić information content (AvgIpc) is 2.60. The van der Waals surface area contributed by atoms with Crippen molar-refractivity contribution < 1.29 is 18.1 Å². The smallest absolute Gasteiger partial charge is 0.270 e. The Morgan fingerprint density at radius 2 is 2.00 bits per heavy atom. The lowest BCUT2D eigenvalue weighted by Gasteiger charge is -2.19. The van der Waals surface area contributed by atoms with E-state index in [1.807, 2.05) is 0 Å². The van der Waals surface area contributed by atoms with E-state index in [0.29, 0.717) is 17.9 Å². The minimum Gasteiger partial charge on any atom is -0.490 e. The summed E-state index contributed by atoms with van der Waals surface area (Å²) >= 11 is 0. The van der Waals surface area contributed by atoms with Crippen molar-refractivity contribution in [2.45, 2.75) is 18.4 Å². The summed E-state index contributed by atoms with van der Waals surface area (Å²) in [4.78, 5) is 10.3. The minimum absolute atomic E-state index is 0.0757. The molecule has 0 unspecified atom stereocenters. The van der Waals surface area contributed by atoms with Gasteiger partial charge in [0, 0.05) is 25.7 Å². The molecule has 138 valence electrons. The van der Waals surface area contributed by atoms with Crippen LogP contribution in [0.4, 0.5) is 5.69 Å². The largest absolute Gasteiger partial charge is 0.490 e. The van der Waals surface area contributed by atoms with Crippen molar-refractivity contribution in [3.63, 3.8) is 0 Å². The number of non-ortho nitro benzene ring substituents is 1. The molecule has 0 fully saturated rings. The second kappa shape index (κ2) is 8.11. The van der Waals surface area contributed by atoms with E-state index in [1.54, 1.807) is 37.3 Å². The third-order valence-electron chi connectivity index (χ3n) is 3.74. The first-order valence-corrected chi connectivity index (χ1v) is 9.23. The fourth-order valence-electron chi connectivity index (χ4n) is 2.38. The van der Waals surface area contributed by atoms with Gasteiger partial charge >= 0.3 is 0 Å². The number of rotatable bonds is 8. The van der Waals surface area contributed by atoms with Crippen molar-refractivity contribution >= 4 is 15.7 Å². The van der Waals surface area contributed by atoms with Crippen molar-refractivity contribution in [1.82, 2.24) is 4.31 Å². The van der Waals surface area contributed by atoms with Gasteiger partial charge in [0.1, 0.15) is 12.4 Å². The minimum atomic E-state index is -3.88. The van der Waals surface area contributed by atoms with Crippen LogP contribution in [0.2, 0.25) is 0 Å². The predicted molar refractivity (Wildman–Crippen MR) is 98.6 cm³/mol. The van der Waals surface area contributed by atoms with Gasteiger partial charge in [0.2, 0.25) is 10.0 Å². The van der Waals surface area contributed by atoms with Gasteiger partial charge in [-0.1, -0.05) is 30.9 Å². The number of ether oxygens (including phenoxy) is 1. The maximum Gasteiger partial charge on any atom is 0.270 e. The standard InChI is InChI=1S/C18H20N2O5S/c1-4-10-25-17-7-5-6-15(11-17)13-19(3)26(23,24)18-12-16(20(21)22)9-8-14(18)2/h4-9,11-12H,1,10,13H2,2-3H3. The number of nitro groups is 1. The van der Waals surface area contributed by atoms with Gasteiger partial charge in [0.25, 0.3) is 5.69 Å². The van der Waals surface area contributed by atoms with E-state index in [-0.39, 0.29) is 17.1 Å². The summed E-state index contributed by atoms with van der Waals surface area (Å²) < 4.78 is 32.3. The van der Waals surface area contributed by atoms with Gasteiger partial charge in [-0.25, -0.2) is 8.42 Å². The Hall–Kier alpha value is -2.71. The van der Waals surface area contributed by atoms with Crippen molar-refractivity contribution in [3.05, 3.63) is 76.4 Å². The van der Waals surface area contributed by atoms with E-state index in [1.165, 1.54) is 19.2 Å². The highest BCUT2D eigenvalue weighted by atomic mass is 32.2. The molecule has 0 atom stereocenters. The molecule has 0 heterocycles. The van der Waals surface area contributed by atoms with Crippen LogP contribution in [0.5, 0.6) is 5.75 Å². The molecule has 0 aromatic heterocycles. The van der Waals surface area contributed by atoms with Crippen molar-refractivity contribution in [2.24, 2.45) is 0 Å². The van der Waals surface area contributed by atoms with E-state index in [2.05, 4.69) is 6.58 Å². The quantitative estimate of drug-likeness (QED) is 0.401. The van der Waals surface area contributed by atoms with E-state index in [0.717, 1.165) is 15.9 Å². The monoisotopic (exact) mass is 376 g/mol. The maximum atomic E-state index is 12.8. The first kappa shape index (κ1) is 19.6. The molecule has 2 aromatic rings. The third kappa shape index (κ3) is 4.47. The Kier molecular flexibility index (Phi) is 6.12. The molecule has 0 saturated carbocycles. The SMILES string of the molecule is C=CCOc1cccc(CN(C)S(=O)(=O)c2cc([N+](=O)[O-])ccc2C)c1. The Labute approximate surface area is 152 Å². The zero-order valence-electron chi connectivity index (χ0n) is 14.6. The van der Waals surface area contributed by atoms with Crippen LogP contribution >= 0.6 is 0 Å². The van der Waals surface area contributed by atoms with Crippen LogP contribution in [0.3, 0.4) is 0 Å². The highest BCUT2D eigenvalue weighted by Gasteiger charge is 2.25. The van der Waals surface area contributed by atoms with Crippen molar-refractivity contribution in [3.8, 4) is 5.75 Å². The van der Waals surface area contributed by atoms with E-state index in [9.17, 15) is 18.5 Å². The summed E-state index contributed by atoms with van der Waals surface area (Å²) in [7, 11) is -2.45. The predicted octanol–water partition coefficient (Wildman–Crippen LogP) is 3.29. The third-order valence-corrected chi connectivity index (χ3v) is 5.69. The second-order valence-corrected chi connectivity index (χ2v) is 7.73. The molecule has 0 aliphatic heterocycles. The molecular weight excluding hydrogens is 356 g/mol. The molecule has 0 radical (unpaired) electrons.